The fourth-order valence-electron chi connectivity index (χ4n) is 2.05. The van der Waals surface area contributed by atoms with Crippen LogP contribution in [-0.4, -0.2) is 24.4 Å². The summed E-state index contributed by atoms with van der Waals surface area (Å²) in [5, 5.41) is 0. The molecule has 0 aromatic heterocycles. The molecule has 1 spiro atoms. The molecule has 0 N–H and O–H groups in total. The molecule has 0 aromatic rings. The lowest BCUT2D eigenvalue weighted by Crippen LogP contribution is -2.10. The minimum atomic E-state index is -0.326. The van der Waals surface area contributed by atoms with Crippen molar-refractivity contribution >= 4 is 0 Å². The zero-order valence-corrected chi connectivity index (χ0v) is 8.49. The van der Waals surface area contributed by atoms with Gasteiger partial charge in [-0.25, -0.2) is 0 Å². The van der Waals surface area contributed by atoms with Gasteiger partial charge in [-0.3, -0.25) is 0 Å². The summed E-state index contributed by atoms with van der Waals surface area (Å²) in [5.74, 6) is 12.4. The Morgan fingerprint density at radius 1 is 1.38 bits per heavy atom. The largest absolute Gasteiger partial charge is 0.367 e. The molecule has 0 bridgehead atoms. The van der Waals surface area contributed by atoms with E-state index in [1.165, 1.54) is 0 Å². The molecule has 2 saturated heterocycles. The minimum absolute atomic E-state index is 0.0254. The van der Waals surface area contributed by atoms with E-state index in [2.05, 4.69) is 23.7 Å². The summed E-state index contributed by atoms with van der Waals surface area (Å²) in [4.78, 5) is 0. The molecule has 3 unspecified atom stereocenters. The van der Waals surface area contributed by atoms with Gasteiger partial charge in [0, 0.05) is 17.2 Å². The molecule has 0 amide bonds. The zero-order chi connectivity index (χ0) is 10.6. The summed E-state index contributed by atoms with van der Waals surface area (Å²) in [5.41, 5.74) is 1.67. The van der Waals surface area contributed by atoms with Gasteiger partial charge >= 0.3 is 0 Å². The number of allylic oxidation sites excluding steroid dienone is 3. The number of epoxide rings is 2. The van der Waals surface area contributed by atoms with Crippen LogP contribution in [0.1, 0.15) is 0 Å². The van der Waals surface area contributed by atoms with Gasteiger partial charge in [0.1, 0.15) is 6.10 Å². The second-order valence-electron chi connectivity index (χ2n) is 4.19. The Morgan fingerprint density at radius 2 is 2.31 bits per heavy atom. The topological polar surface area (TPSA) is 25.1 Å². The highest BCUT2D eigenvalue weighted by Crippen LogP contribution is 2.46. The number of rotatable bonds is 1. The van der Waals surface area contributed by atoms with Crippen LogP contribution in [0.2, 0.25) is 0 Å². The molecule has 4 rings (SSSR count). The van der Waals surface area contributed by atoms with Gasteiger partial charge in [-0.1, -0.05) is 29.8 Å². The van der Waals surface area contributed by atoms with Crippen LogP contribution in [0.25, 0.3) is 0 Å². The zero-order valence-electron chi connectivity index (χ0n) is 8.49. The monoisotopic (exact) mass is 208 g/mol. The van der Waals surface area contributed by atoms with E-state index in [1.54, 1.807) is 0 Å². The number of hydrogen-bond acceptors (Lipinski definition) is 2. The van der Waals surface area contributed by atoms with E-state index in [4.69, 9.17) is 9.47 Å². The van der Waals surface area contributed by atoms with Crippen LogP contribution in [0.15, 0.2) is 35.5 Å². The van der Waals surface area contributed by atoms with Gasteiger partial charge in [0.25, 0.3) is 0 Å². The molecule has 2 aliphatic carbocycles. The maximum Gasteiger partial charge on any atom is 0.158 e. The van der Waals surface area contributed by atoms with E-state index in [9.17, 15) is 0 Å². The maximum absolute atomic E-state index is 5.62. The van der Waals surface area contributed by atoms with E-state index < -0.39 is 0 Å². The highest BCUT2D eigenvalue weighted by molar-refractivity contribution is 5.59. The SMILES string of the molecule is C1#CC2OC23C=CC=C3C#CC(C2CO2)=C1. The first-order valence-corrected chi connectivity index (χ1v) is 5.31. The van der Waals surface area contributed by atoms with E-state index in [0.29, 0.717) is 0 Å². The lowest BCUT2D eigenvalue weighted by Gasteiger charge is -1.99. The summed E-state index contributed by atoms with van der Waals surface area (Å²) in [6.07, 6.45) is 8.03. The molecule has 16 heavy (non-hydrogen) atoms. The molecule has 76 valence electrons. The van der Waals surface area contributed by atoms with Crippen molar-refractivity contribution in [2.24, 2.45) is 0 Å². The van der Waals surface area contributed by atoms with Gasteiger partial charge in [-0.15, -0.1) is 0 Å². The van der Waals surface area contributed by atoms with Crippen molar-refractivity contribution in [3.05, 3.63) is 35.5 Å². The fourth-order valence-corrected chi connectivity index (χ4v) is 2.05. The lowest BCUT2D eigenvalue weighted by molar-refractivity contribution is 0.374. The van der Waals surface area contributed by atoms with Gasteiger partial charge < -0.3 is 9.47 Å². The molecular weight excluding hydrogens is 200 g/mol. The first kappa shape index (κ1) is 8.42. The second kappa shape index (κ2) is 2.68. The van der Waals surface area contributed by atoms with Gasteiger partial charge in [-0.2, -0.15) is 0 Å². The van der Waals surface area contributed by atoms with E-state index in [0.717, 1.165) is 17.8 Å². The minimum Gasteiger partial charge on any atom is -0.367 e. The quantitative estimate of drug-likeness (QED) is 0.474. The molecule has 4 aliphatic rings. The summed E-state index contributed by atoms with van der Waals surface area (Å²) >= 11 is 0. The van der Waals surface area contributed by atoms with Crippen LogP contribution in [0.5, 0.6) is 0 Å². The summed E-state index contributed by atoms with van der Waals surface area (Å²) in [6.45, 7) is 0.768. The molecular formula is C14H8O2. The second-order valence-corrected chi connectivity index (χ2v) is 4.19. The van der Waals surface area contributed by atoms with Crippen molar-refractivity contribution < 1.29 is 9.47 Å². The van der Waals surface area contributed by atoms with Crippen molar-refractivity contribution in [1.29, 1.82) is 0 Å². The Bertz CT molecular complexity index is 582. The third-order valence-electron chi connectivity index (χ3n) is 3.14. The van der Waals surface area contributed by atoms with Crippen LogP contribution >= 0.6 is 0 Å². The van der Waals surface area contributed by atoms with Gasteiger partial charge in [0.05, 0.1) is 6.61 Å². The van der Waals surface area contributed by atoms with Crippen LogP contribution in [0.3, 0.4) is 0 Å². The molecule has 3 atom stereocenters. The van der Waals surface area contributed by atoms with Crippen molar-refractivity contribution in [2.45, 2.75) is 17.8 Å². The van der Waals surface area contributed by atoms with Crippen LogP contribution in [0, 0.1) is 23.7 Å². The molecule has 0 saturated carbocycles. The average molecular weight is 208 g/mol. The average Bonchev–Trinajstić information content (AvgIpc) is 3.15. The standard InChI is InChI=1S/C14H8O2/c1-3-10(12-9-15-12)6-7-11-4-2-8-14(11)13(5-1)16-14/h2-4,8,12-13H,9H2. The number of ether oxygens (including phenoxy) is 2. The first-order chi connectivity index (χ1) is 7.88. The van der Waals surface area contributed by atoms with Crippen molar-refractivity contribution in [3.63, 3.8) is 0 Å². The Balaban J connectivity index is 1.80. The third-order valence-corrected chi connectivity index (χ3v) is 3.14. The Kier molecular flexibility index (Phi) is 1.41. The van der Waals surface area contributed by atoms with Crippen LogP contribution in [-0.2, 0) is 9.47 Å². The molecule has 2 fully saturated rings. The van der Waals surface area contributed by atoms with Gasteiger partial charge in [0.2, 0.25) is 0 Å². The smallest absolute Gasteiger partial charge is 0.158 e. The van der Waals surface area contributed by atoms with E-state index in [-0.39, 0.29) is 17.8 Å². The highest BCUT2D eigenvalue weighted by atomic mass is 16.6. The predicted molar refractivity (Wildman–Crippen MR) is 58.2 cm³/mol. The normalized spacial score (nSPS) is 40.5. The number of hydrogen-bond donors (Lipinski definition) is 0. The molecule has 2 nitrogen and oxygen atoms in total. The molecule has 0 aromatic carbocycles. The molecule has 2 heterocycles. The molecule has 0 radical (unpaired) electrons. The van der Waals surface area contributed by atoms with Crippen molar-refractivity contribution in [2.75, 3.05) is 6.61 Å². The summed E-state index contributed by atoms with van der Waals surface area (Å²) < 4.78 is 10.9. The van der Waals surface area contributed by atoms with Gasteiger partial charge in [0.15, 0.2) is 11.7 Å². The van der Waals surface area contributed by atoms with E-state index >= 15 is 0 Å². The predicted octanol–water partition coefficient (Wildman–Crippen LogP) is 0.966. The highest BCUT2D eigenvalue weighted by Gasteiger charge is 2.57. The van der Waals surface area contributed by atoms with Gasteiger partial charge in [-0.05, 0) is 12.2 Å². The van der Waals surface area contributed by atoms with Crippen molar-refractivity contribution in [1.82, 2.24) is 0 Å². The Hall–Kier alpha value is -1.74. The summed E-state index contributed by atoms with van der Waals surface area (Å²) in [6, 6.07) is 0. The molecule has 2 heteroatoms. The van der Waals surface area contributed by atoms with Crippen molar-refractivity contribution in [3.8, 4) is 23.7 Å². The molecule has 2 aliphatic heterocycles. The Labute approximate surface area is 93.6 Å². The summed E-state index contributed by atoms with van der Waals surface area (Å²) in [7, 11) is 0. The lowest BCUT2D eigenvalue weighted by atomic mass is 9.99. The van der Waals surface area contributed by atoms with E-state index in [1.807, 2.05) is 24.3 Å². The fraction of sp³-hybridized carbons (Fsp3) is 0.286. The van der Waals surface area contributed by atoms with Crippen LogP contribution in [0.4, 0.5) is 0 Å². The van der Waals surface area contributed by atoms with Crippen LogP contribution < -0.4 is 0 Å². The first-order valence-electron chi connectivity index (χ1n) is 5.31. The Morgan fingerprint density at radius 3 is 3.19 bits per heavy atom. The maximum atomic E-state index is 5.62. The third kappa shape index (κ3) is 1.06.